The number of hydrogen-bond donors (Lipinski definition) is 0. The van der Waals surface area contributed by atoms with Crippen molar-refractivity contribution < 1.29 is 0 Å². The highest BCUT2D eigenvalue weighted by atomic mass is 14.1. The highest BCUT2D eigenvalue weighted by Gasteiger charge is 2.09. The molecule has 0 bridgehead atoms. The SMILES string of the molecule is C=CCC(C=CC)C(C)CC. The third kappa shape index (κ3) is 4.02. The smallest absolute Gasteiger partial charge is 0.0173 e. The second-order valence-corrected chi connectivity index (χ2v) is 3.10. The summed E-state index contributed by atoms with van der Waals surface area (Å²) in [7, 11) is 0. The standard InChI is InChI=1S/C11H20/c1-5-8-11(9-6-2)10(4)7-3/h5-6,9-11H,1,7-8H2,2-4H3. The maximum Gasteiger partial charge on any atom is -0.0173 e. The van der Waals surface area contributed by atoms with Crippen LogP contribution in [0.2, 0.25) is 0 Å². The third-order valence-electron chi connectivity index (χ3n) is 2.25. The van der Waals surface area contributed by atoms with Gasteiger partial charge >= 0.3 is 0 Å². The molecule has 0 fully saturated rings. The van der Waals surface area contributed by atoms with E-state index >= 15 is 0 Å². The van der Waals surface area contributed by atoms with E-state index in [1.807, 2.05) is 6.08 Å². The topological polar surface area (TPSA) is 0 Å². The molecule has 0 saturated carbocycles. The van der Waals surface area contributed by atoms with Crippen molar-refractivity contribution in [2.24, 2.45) is 11.8 Å². The zero-order valence-electron chi connectivity index (χ0n) is 8.01. The van der Waals surface area contributed by atoms with Gasteiger partial charge in [-0.3, -0.25) is 0 Å². The molecule has 0 aliphatic rings. The van der Waals surface area contributed by atoms with E-state index in [0.29, 0.717) is 5.92 Å². The Morgan fingerprint density at radius 2 is 2.09 bits per heavy atom. The maximum absolute atomic E-state index is 3.77. The lowest BCUT2D eigenvalue weighted by molar-refractivity contribution is 0.419. The van der Waals surface area contributed by atoms with E-state index in [2.05, 4.69) is 39.5 Å². The first-order chi connectivity index (χ1) is 5.26. The van der Waals surface area contributed by atoms with Crippen molar-refractivity contribution >= 4 is 0 Å². The predicted molar refractivity (Wildman–Crippen MR) is 52.6 cm³/mol. The van der Waals surface area contributed by atoms with Crippen molar-refractivity contribution in [2.45, 2.75) is 33.6 Å². The van der Waals surface area contributed by atoms with Crippen molar-refractivity contribution in [1.29, 1.82) is 0 Å². The van der Waals surface area contributed by atoms with E-state index in [1.165, 1.54) is 6.42 Å². The van der Waals surface area contributed by atoms with E-state index in [9.17, 15) is 0 Å². The zero-order valence-corrected chi connectivity index (χ0v) is 8.01. The van der Waals surface area contributed by atoms with Crippen LogP contribution in [-0.2, 0) is 0 Å². The van der Waals surface area contributed by atoms with Gasteiger partial charge in [-0.05, 0) is 25.2 Å². The molecule has 0 N–H and O–H groups in total. The number of hydrogen-bond acceptors (Lipinski definition) is 0. The predicted octanol–water partition coefficient (Wildman–Crippen LogP) is 3.80. The second-order valence-electron chi connectivity index (χ2n) is 3.10. The molecule has 0 radical (unpaired) electrons. The number of allylic oxidation sites excluding steroid dienone is 3. The Bertz CT molecular complexity index is 122. The Morgan fingerprint density at radius 1 is 1.45 bits per heavy atom. The second kappa shape index (κ2) is 6.21. The fourth-order valence-electron chi connectivity index (χ4n) is 1.24. The van der Waals surface area contributed by atoms with E-state index in [0.717, 1.165) is 12.3 Å². The molecule has 0 rings (SSSR count). The molecular weight excluding hydrogens is 132 g/mol. The van der Waals surface area contributed by atoms with Gasteiger partial charge in [0.2, 0.25) is 0 Å². The van der Waals surface area contributed by atoms with Crippen LogP contribution >= 0.6 is 0 Å². The summed E-state index contributed by atoms with van der Waals surface area (Å²) in [4.78, 5) is 0. The summed E-state index contributed by atoms with van der Waals surface area (Å²) in [5.41, 5.74) is 0. The minimum atomic E-state index is 0.697. The molecule has 11 heavy (non-hydrogen) atoms. The van der Waals surface area contributed by atoms with Crippen LogP contribution in [0.25, 0.3) is 0 Å². The summed E-state index contributed by atoms with van der Waals surface area (Å²) < 4.78 is 0. The Balaban J connectivity index is 3.96. The number of rotatable bonds is 5. The third-order valence-corrected chi connectivity index (χ3v) is 2.25. The van der Waals surface area contributed by atoms with Crippen molar-refractivity contribution in [3.05, 3.63) is 24.8 Å². The molecule has 0 saturated heterocycles. The van der Waals surface area contributed by atoms with Gasteiger partial charge in [-0.2, -0.15) is 0 Å². The van der Waals surface area contributed by atoms with Crippen molar-refractivity contribution in [3.8, 4) is 0 Å². The van der Waals surface area contributed by atoms with Crippen LogP contribution in [-0.4, -0.2) is 0 Å². The van der Waals surface area contributed by atoms with E-state index in [1.54, 1.807) is 0 Å². The fourth-order valence-corrected chi connectivity index (χ4v) is 1.24. The molecule has 2 unspecified atom stereocenters. The van der Waals surface area contributed by atoms with E-state index < -0.39 is 0 Å². The largest absolute Gasteiger partial charge is 0.103 e. The molecule has 0 aliphatic heterocycles. The average molecular weight is 152 g/mol. The minimum Gasteiger partial charge on any atom is -0.103 e. The van der Waals surface area contributed by atoms with Crippen molar-refractivity contribution in [2.75, 3.05) is 0 Å². The summed E-state index contributed by atoms with van der Waals surface area (Å²) >= 11 is 0. The van der Waals surface area contributed by atoms with Gasteiger partial charge in [0.1, 0.15) is 0 Å². The normalized spacial score (nSPS) is 16.6. The molecule has 0 aliphatic carbocycles. The summed E-state index contributed by atoms with van der Waals surface area (Å²) in [6, 6.07) is 0. The van der Waals surface area contributed by atoms with Crippen LogP contribution < -0.4 is 0 Å². The Kier molecular flexibility index (Phi) is 5.91. The van der Waals surface area contributed by atoms with Gasteiger partial charge in [-0.15, -0.1) is 6.58 Å². The van der Waals surface area contributed by atoms with Gasteiger partial charge in [0.05, 0.1) is 0 Å². The van der Waals surface area contributed by atoms with Gasteiger partial charge in [0.25, 0.3) is 0 Å². The molecule has 0 spiro atoms. The summed E-state index contributed by atoms with van der Waals surface area (Å²) in [6.07, 6.45) is 8.80. The molecule has 0 heterocycles. The van der Waals surface area contributed by atoms with Crippen LogP contribution in [0, 0.1) is 11.8 Å². The van der Waals surface area contributed by atoms with E-state index in [4.69, 9.17) is 0 Å². The van der Waals surface area contributed by atoms with Gasteiger partial charge in [0, 0.05) is 0 Å². The molecular formula is C11H20. The molecule has 0 heteroatoms. The first-order valence-corrected chi connectivity index (χ1v) is 4.49. The van der Waals surface area contributed by atoms with E-state index in [-0.39, 0.29) is 0 Å². The summed E-state index contributed by atoms with van der Waals surface area (Å²) in [5.74, 6) is 1.48. The summed E-state index contributed by atoms with van der Waals surface area (Å²) in [6.45, 7) is 10.4. The fraction of sp³-hybridized carbons (Fsp3) is 0.636. The molecule has 0 aromatic carbocycles. The van der Waals surface area contributed by atoms with Gasteiger partial charge in [-0.25, -0.2) is 0 Å². The quantitative estimate of drug-likeness (QED) is 0.526. The Hall–Kier alpha value is -0.520. The van der Waals surface area contributed by atoms with Crippen molar-refractivity contribution in [3.63, 3.8) is 0 Å². The molecule has 2 atom stereocenters. The Morgan fingerprint density at radius 3 is 2.45 bits per heavy atom. The molecule has 0 nitrogen and oxygen atoms in total. The van der Waals surface area contributed by atoms with Gasteiger partial charge in [-0.1, -0.05) is 38.5 Å². The molecule has 0 aromatic rings. The zero-order chi connectivity index (χ0) is 8.69. The minimum absolute atomic E-state index is 0.697. The van der Waals surface area contributed by atoms with Crippen LogP contribution in [0.3, 0.4) is 0 Å². The van der Waals surface area contributed by atoms with Crippen LogP contribution in [0.15, 0.2) is 24.8 Å². The van der Waals surface area contributed by atoms with Crippen molar-refractivity contribution in [1.82, 2.24) is 0 Å². The van der Waals surface area contributed by atoms with Crippen LogP contribution in [0.4, 0.5) is 0 Å². The summed E-state index contributed by atoms with van der Waals surface area (Å²) in [5, 5.41) is 0. The van der Waals surface area contributed by atoms with Crippen LogP contribution in [0.5, 0.6) is 0 Å². The highest BCUT2D eigenvalue weighted by molar-refractivity contribution is 4.91. The molecule has 0 amide bonds. The highest BCUT2D eigenvalue weighted by Crippen LogP contribution is 2.20. The maximum atomic E-state index is 3.77. The van der Waals surface area contributed by atoms with Gasteiger partial charge < -0.3 is 0 Å². The molecule has 0 aromatic heterocycles. The lowest BCUT2D eigenvalue weighted by Crippen LogP contribution is -2.06. The lowest BCUT2D eigenvalue weighted by atomic mass is 9.89. The average Bonchev–Trinajstić information content (AvgIpc) is 2.03. The first-order valence-electron chi connectivity index (χ1n) is 4.49. The molecule has 64 valence electrons. The van der Waals surface area contributed by atoms with Gasteiger partial charge in [0.15, 0.2) is 0 Å². The lowest BCUT2D eigenvalue weighted by Gasteiger charge is -2.17. The van der Waals surface area contributed by atoms with Crippen LogP contribution in [0.1, 0.15) is 33.6 Å². The monoisotopic (exact) mass is 152 g/mol. The first kappa shape index (κ1) is 10.5. The Labute approximate surface area is 71.0 Å².